The van der Waals surface area contributed by atoms with Crippen molar-refractivity contribution >= 4 is 21.7 Å². The van der Waals surface area contributed by atoms with Crippen molar-refractivity contribution in [2.45, 2.75) is 38.8 Å². The predicted octanol–water partition coefficient (Wildman–Crippen LogP) is 1.29. The standard InChI is InChI=1S/C19H24N2O6S/c1-3-14(2)21(16-8-9-28(24,25)13-16)18(22)11-27-19(23)12-26-17-7-5-4-6-15(17)10-20/h4-7,14,16H,3,8-9,11-13H2,1-2H3/t14-,16+/m0/s1. The Labute approximate surface area is 164 Å². The number of amides is 1. The summed E-state index contributed by atoms with van der Waals surface area (Å²) in [5, 5.41) is 9.00. The fourth-order valence-electron chi connectivity index (χ4n) is 3.08. The van der Waals surface area contributed by atoms with Gasteiger partial charge in [-0.3, -0.25) is 4.79 Å². The number of para-hydroxylation sites is 1. The fourth-order valence-corrected chi connectivity index (χ4v) is 4.79. The van der Waals surface area contributed by atoms with Crippen LogP contribution in [0, 0.1) is 11.3 Å². The molecule has 1 amide bonds. The molecule has 2 atom stereocenters. The molecular weight excluding hydrogens is 384 g/mol. The molecule has 2 rings (SSSR count). The first-order valence-electron chi connectivity index (χ1n) is 9.06. The molecule has 0 bridgehead atoms. The van der Waals surface area contributed by atoms with Crippen molar-refractivity contribution < 1.29 is 27.5 Å². The second kappa shape index (κ2) is 9.55. The van der Waals surface area contributed by atoms with Crippen molar-refractivity contribution in [2.75, 3.05) is 24.7 Å². The Bertz CT molecular complexity index is 861. The van der Waals surface area contributed by atoms with Crippen LogP contribution in [-0.4, -0.2) is 62.0 Å². The van der Waals surface area contributed by atoms with Crippen molar-refractivity contribution in [3.63, 3.8) is 0 Å². The number of sulfone groups is 1. The summed E-state index contributed by atoms with van der Waals surface area (Å²) >= 11 is 0. The number of ether oxygens (including phenoxy) is 2. The molecule has 8 nitrogen and oxygen atoms in total. The summed E-state index contributed by atoms with van der Waals surface area (Å²) in [6.07, 6.45) is 1.05. The molecule has 0 radical (unpaired) electrons. The van der Waals surface area contributed by atoms with Gasteiger partial charge in [0.25, 0.3) is 5.91 Å². The highest BCUT2D eigenvalue weighted by molar-refractivity contribution is 7.91. The third-order valence-corrected chi connectivity index (χ3v) is 6.42. The number of esters is 1. The molecule has 1 heterocycles. The minimum Gasteiger partial charge on any atom is -0.481 e. The molecule has 0 unspecified atom stereocenters. The lowest BCUT2D eigenvalue weighted by atomic mass is 10.1. The van der Waals surface area contributed by atoms with Crippen LogP contribution >= 0.6 is 0 Å². The minimum absolute atomic E-state index is 0.0593. The minimum atomic E-state index is -3.14. The molecule has 0 saturated carbocycles. The Hall–Kier alpha value is -2.60. The first-order valence-corrected chi connectivity index (χ1v) is 10.9. The summed E-state index contributed by atoms with van der Waals surface area (Å²) in [5.74, 6) is -0.924. The van der Waals surface area contributed by atoms with Crippen LogP contribution in [0.1, 0.15) is 32.3 Å². The van der Waals surface area contributed by atoms with Crippen LogP contribution < -0.4 is 4.74 Å². The number of carbonyl (C=O) groups is 2. The summed E-state index contributed by atoms with van der Waals surface area (Å²) in [4.78, 5) is 26.0. The van der Waals surface area contributed by atoms with E-state index in [2.05, 4.69) is 0 Å². The molecule has 1 aromatic rings. The van der Waals surface area contributed by atoms with E-state index in [4.69, 9.17) is 14.7 Å². The monoisotopic (exact) mass is 408 g/mol. The number of hydrogen-bond acceptors (Lipinski definition) is 7. The second-order valence-electron chi connectivity index (χ2n) is 6.67. The second-order valence-corrected chi connectivity index (χ2v) is 8.90. The molecule has 0 N–H and O–H groups in total. The van der Waals surface area contributed by atoms with Crippen molar-refractivity contribution in [1.82, 2.24) is 4.90 Å². The van der Waals surface area contributed by atoms with Gasteiger partial charge in [0.1, 0.15) is 11.8 Å². The maximum Gasteiger partial charge on any atom is 0.344 e. The lowest BCUT2D eigenvalue weighted by Crippen LogP contribution is -2.48. The summed E-state index contributed by atoms with van der Waals surface area (Å²) < 4.78 is 33.8. The highest BCUT2D eigenvalue weighted by Crippen LogP contribution is 2.21. The van der Waals surface area contributed by atoms with E-state index in [1.165, 1.54) is 4.90 Å². The van der Waals surface area contributed by atoms with Crippen molar-refractivity contribution in [3.05, 3.63) is 29.8 Å². The van der Waals surface area contributed by atoms with Crippen LogP contribution in [0.4, 0.5) is 0 Å². The van der Waals surface area contributed by atoms with Crippen LogP contribution in [0.3, 0.4) is 0 Å². The van der Waals surface area contributed by atoms with Gasteiger partial charge in [0, 0.05) is 12.1 Å². The number of rotatable bonds is 8. The Morgan fingerprint density at radius 1 is 1.32 bits per heavy atom. The number of nitriles is 1. The van der Waals surface area contributed by atoms with Crippen LogP contribution in [0.2, 0.25) is 0 Å². The summed E-state index contributed by atoms with van der Waals surface area (Å²) in [6.45, 7) is 2.82. The highest BCUT2D eigenvalue weighted by Gasteiger charge is 2.36. The largest absolute Gasteiger partial charge is 0.481 e. The lowest BCUT2D eigenvalue weighted by molar-refractivity contribution is -0.155. The lowest BCUT2D eigenvalue weighted by Gasteiger charge is -2.33. The van der Waals surface area contributed by atoms with Gasteiger partial charge in [-0.25, -0.2) is 13.2 Å². The van der Waals surface area contributed by atoms with Crippen LogP contribution in [0.5, 0.6) is 5.75 Å². The molecule has 0 aliphatic carbocycles. The van der Waals surface area contributed by atoms with Crippen molar-refractivity contribution in [3.8, 4) is 11.8 Å². The molecule has 1 fully saturated rings. The van der Waals surface area contributed by atoms with Gasteiger partial charge in [-0.05, 0) is 31.9 Å². The molecule has 0 spiro atoms. The number of benzene rings is 1. The van der Waals surface area contributed by atoms with Gasteiger partial charge in [-0.1, -0.05) is 19.1 Å². The summed E-state index contributed by atoms with van der Waals surface area (Å²) in [5.41, 5.74) is 0.289. The normalized spacial score (nSPS) is 18.7. The van der Waals surface area contributed by atoms with Crippen LogP contribution in [-0.2, 0) is 24.2 Å². The zero-order valence-electron chi connectivity index (χ0n) is 16.0. The molecule has 152 valence electrons. The maximum atomic E-state index is 12.6. The third kappa shape index (κ3) is 5.70. The van der Waals surface area contributed by atoms with Gasteiger partial charge < -0.3 is 14.4 Å². The zero-order valence-corrected chi connectivity index (χ0v) is 16.8. The highest BCUT2D eigenvalue weighted by atomic mass is 32.2. The van der Waals surface area contributed by atoms with E-state index in [1.807, 2.05) is 19.9 Å². The first kappa shape index (κ1) is 21.7. The first-order chi connectivity index (χ1) is 13.3. The molecule has 1 aliphatic heterocycles. The SMILES string of the molecule is CC[C@H](C)N(C(=O)COC(=O)COc1ccccc1C#N)[C@@H]1CCS(=O)(=O)C1. The smallest absolute Gasteiger partial charge is 0.344 e. The number of nitrogens with zero attached hydrogens (tertiary/aromatic N) is 2. The van der Waals surface area contributed by atoms with Gasteiger partial charge in [-0.2, -0.15) is 5.26 Å². The van der Waals surface area contributed by atoms with E-state index in [-0.39, 0.29) is 28.9 Å². The average Bonchev–Trinajstić information content (AvgIpc) is 3.03. The van der Waals surface area contributed by atoms with E-state index < -0.39 is 41.0 Å². The quantitative estimate of drug-likeness (QED) is 0.596. The molecular formula is C19H24N2O6S. The van der Waals surface area contributed by atoms with Crippen LogP contribution in [0.15, 0.2) is 24.3 Å². The molecule has 28 heavy (non-hydrogen) atoms. The Balaban J connectivity index is 1.91. The van der Waals surface area contributed by atoms with Crippen molar-refractivity contribution in [1.29, 1.82) is 5.26 Å². The molecule has 1 saturated heterocycles. The van der Waals surface area contributed by atoms with Gasteiger partial charge in [-0.15, -0.1) is 0 Å². The molecule has 1 aliphatic rings. The van der Waals surface area contributed by atoms with Gasteiger partial charge in [0.05, 0.1) is 17.1 Å². The molecule has 9 heteroatoms. The average molecular weight is 408 g/mol. The molecule has 0 aromatic heterocycles. The summed E-state index contributed by atoms with van der Waals surface area (Å²) in [6, 6.07) is 7.86. The van der Waals surface area contributed by atoms with Gasteiger partial charge in [0.15, 0.2) is 23.1 Å². The maximum absolute atomic E-state index is 12.6. The topological polar surface area (TPSA) is 114 Å². The van der Waals surface area contributed by atoms with E-state index in [0.29, 0.717) is 12.8 Å². The van der Waals surface area contributed by atoms with Gasteiger partial charge in [0.2, 0.25) is 0 Å². The van der Waals surface area contributed by atoms with Crippen LogP contribution in [0.25, 0.3) is 0 Å². The Morgan fingerprint density at radius 3 is 2.64 bits per heavy atom. The van der Waals surface area contributed by atoms with E-state index in [9.17, 15) is 18.0 Å². The van der Waals surface area contributed by atoms with E-state index in [1.54, 1.807) is 24.3 Å². The fraction of sp³-hybridized carbons (Fsp3) is 0.526. The third-order valence-electron chi connectivity index (χ3n) is 4.67. The van der Waals surface area contributed by atoms with Gasteiger partial charge >= 0.3 is 5.97 Å². The number of carbonyl (C=O) groups excluding carboxylic acids is 2. The van der Waals surface area contributed by atoms with E-state index >= 15 is 0 Å². The zero-order chi connectivity index (χ0) is 20.7. The predicted molar refractivity (Wildman–Crippen MR) is 101 cm³/mol. The van der Waals surface area contributed by atoms with E-state index in [0.717, 1.165) is 0 Å². The summed E-state index contributed by atoms with van der Waals surface area (Å²) in [7, 11) is -3.14. The van der Waals surface area contributed by atoms with Crippen molar-refractivity contribution in [2.24, 2.45) is 0 Å². The Morgan fingerprint density at radius 2 is 2.04 bits per heavy atom. The Kier molecular flexibility index (Phi) is 7.40. The number of hydrogen-bond donors (Lipinski definition) is 0. The molecule has 1 aromatic carbocycles.